The summed E-state index contributed by atoms with van der Waals surface area (Å²) >= 11 is 1.16. The number of para-hydroxylation sites is 1. The molecule has 0 saturated carbocycles. The van der Waals surface area contributed by atoms with Gasteiger partial charge < -0.3 is 14.4 Å². The topological polar surface area (TPSA) is 45.5 Å². The molecule has 0 spiro atoms. The lowest BCUT2D eigenvalue weighted by Gasteiger charge is -2.30. The van der Waals surface area contributed by atoms with Gasteiger partial charge in [0.15, 0.2) is 17.1 Å². The first-order chi connectivity index (χ1) is 23.5. The average Bonchev–Trinajstić information content (AvgIpc) is 3.58. The van der Waals surface area contributed by atoms with Crippen LogP contribution < -0.4 is 5.43 Å². The molecule has 1 fully saturated rings. The second kappa shape index (κ2) is 14.6. The Labute approximate surface area is 285 Å². The van der Waals surface area contributed by atoms with Crippen molar-refractivity contribution in [3.8, 4) is 11.1 Å². The van der Waals surface area contributed by atoms with E-state index in [2.05, 4.69) is 11.8 Å². The Hall–Kier alpha value is -4.48. The number of hydrogen-bond donors (Lipinski definition) is 0. The van der Waals surface area contributed by atoms with Crippen LogP contribution in [0.2, 0.25) is 0 Å². The maximum absolute atomic E-state index is 14.5. The molecule has 2 heterocycles. The fourth-order valence-corrected chi connectivity index (χ4v) is 7.29. The predicted octanol–water partition coefficient (Wildman–Crippen LogP) is 8.38. The Morgan fingerprint density at radius 3 is 2.29 bits per heavy atom. The minimum Gasteiger partial charge on any atom is -0.333 e. The molecule has 49 heavy (non-hydrogen) atoms. The van der Waals surface area contributed by atoms with E-state index < -0.39 is 23.4 Å². The van der Waals surface area contributed by atoms with Gasteiger partial charge in [-0.3, -0.25) is 9.59 Å². The van der Waals surface area contributed by atoms with E-state index in [1.165, 1.54) is 30.3 Å². The summed E-state index contributed by atoms with van der Waals surface area (Å²) in [5.41, 5.74) is 2.03. The molecular weight excluding hydrogens is 657 g/mol. The van der Waals surface area contributed by atoms with E-state index >= 15 is 0 Å². The van der Waals surface area contributed by atoms with Crippen molar-refractivity contribution < 1.29 is 26.7 Å². The number of alkyl halides is 3. The van der Waals surface area contributed by atoms with Gasteiger partial charge in [0.25, 0.3) is 0 Å². The van der Waals surface area contributed by atoms with Gasteiger partial charge >= 0.3 is 6.18 Å². The average molecular weight is 692 g/mol. The lowest BCUT2D eigenvalue weighted by Crippen LogP contribution is -2.43. The third-order valence-electron chi connectivity index (χ3n) is 8.99. The monoisotopic (exact) mass is 691 g/mol. The van der Waals surface area contributed by atoms with Crippen LogP contribution in [0.25, 0.3) is 22.0 Å². The van der Waals surface area contributed by atoms with Gasteiger partial charge in [0.05, 0.1) is 16.1 Å². The minimum absolute atomic E-state index is 0.0542. The van der Waals surface area contributed by atoms with E-state index in [0.717, 1.165) is 60.6 Å². The lowest BCUT2D eigenvalue weighted by atomic mass is 10.0. The Morgan fingerprint density at radius 1 is 0.918 bits per heavy atom. The van der Waals surface area contributed by atoms with Crippen LogP contribution >= 0.6 is 11.8 Å². The van der Waals surface area contributed by atoms with E-state index in [-0.39, 0.29) is 35.2 Å². The highest BCUT2D eigenvalue weighted by Gasteiger charge is 2.31. The van der Waals surface area contributed by atoms with Crippen molar-refractivity contribution in [2.45, 2.75) is 49.4 Å². The standard InChI is InChI=1S/C38H34F5N3O2S/c1-2-44-19-18-30(22-44)45(21-25-10-12-26(13-11-25)27-14-16-29(17-15-27)38(41,42)43)35(48)23-46-33-9-4-3-7-31(33)34(47)20-36(46)49-24-28-6-5-8-32(39)37(28)40/h3-17,20,30H,2,18-19,21-24H2,1H3. The first-order valence-corrected chi connectivity index (χ1v) is 17.0. The zero-order chi connectivity index (χ0) is 34.7. The van der Waals surface area contributed by atoms with Crippen molar-refractivity contribution in [3.05, 3.63) is 136 Å². The number of carbonyl (C=O) groups is 1. The van der Waals surface area contributed by atoms with Crippen molar-refractivity contribution in [2.24, 2.45) is 0 Å². The number of amides is 1. The Balaban J connectivity index is 1.29. The van der Waals surface area contributed by atoms with Crippen molar-refractivity contribution in [3.63, 3.8) is 0 Å². The van der Waals surface area contributed by atoms with E-state index in [9.17, 15) is 31.5 Å². The quantitative estimate of drug-likeness (QED) is 0.109. The highest BCUT2D eigenvalue weighted by molar-refractivity contribution is 7.98. The van der Waals surface area contributed by atoms with Gasteiger partial charge in [-0.05, 0) is 60.0 Å². The fraction of sp³-hybridized carbons (Fsp3) is 0.263. The molecule has 11 heteroatoms. The molecule has 1 unspecified atom stereocenters. The Morgan fingerprint density at radius 2 is 1.61 bits per heavy atom. The SMILES string of the molecule is CCN1CCC(N(Cc2ccc(-c3ccc(C(F)(F)F)cc3)cc2)C(=O)Cn2c(SCc3cccc(F)c3F)cc(=O)c3ccccc32)C1. The van der Waals surface area contributed by atoms with E-state index in [4.69, 9.17) is 0 Å². The number of likely N-dealkylation sites (N-methyl/N-ethyl adjacent to an activating group) is 1. The summed E-state index contributed by atoms with van der Waals surface area (Å²) < 4.78 is 69.4. The van der Waals surface area contributed by atoms with Crippen molar-refractivity contribution in [1.29, 1.82) is 0 Å². The van der Waals surface area contributed by atoms with Gasteiger partial charge in [-0.1, -0.05) is 67.6 Å². The summed E-state index contributed by atoms with van der Waals surface area (Å²) in [6.45, 7) is 4.70. The predicted molar refractivity (Wildman–Crippen MR) is 182 cm³/mol. The first-order valence-electron chi connectivity index (χ1n) is 16.0. The summed E-state index contributed by atoms with van der Waals surface area (Å²) in [6.07, 6.45) is -3.62. The summed E-state index contributed by atoms with van der Waals surface area (Å²) in [4.78, 5) is 31.6. The highest BCUT2D eigenvalue weighted by Crippen LogP contribution is 2.32. The van der Waals surface area contributed by atoms with Crippen LogP contribution in [0, 0.1) is 11.6 Å². The number of benzene rings is 4. The number of carbonyl (C=O) groups excluding carboxylic acids is 1. The molecule has 4 aromatic carbocycles. The summed E-state index contributed by atoms with van der Waals surface area (Å²) in [7, 11) is 0. The fourth-order valence-electron chi connectivity index (χ4n) is 6.25. The van der Waals surface area contributed by atoms with Crippen LogP contribution in [-0.4, -0.2) is 46.0 Å². The van der Waals surface area contributed by atoms with Gasteiger partial charge in [-0.2, -0.15) is 13.2 Å². The molecular formula is C38H34F5N3O2S. The maximum Gasteiger partial charge on any atom is 0.416 e. The van der Waals surface area contributed by atoms with Crippen molar-refractivity contribution >= 4 is 28.6 Å². The number of likely N-dealkylation sites (tertiary alicyclic amines) is 1. The third-order valence-corrected chi connectivity index (χ3v) is 10.1. The number of thioether (sulfide) groups is 1. The summed E-state index contributed by atoms with van der Waals surface area (Å²) in [5, 5.41) is 0.906. The van der Waals surface area contributed by atoms with Crippen LogP contribution in [0.3, 0.4) is 0 Å². The van der Waals surface area contributed by atoms with Gasteiger partial charge in [-0.15, -0.1) is 11.8 Å². The normalized spacial score (nSPS) is 15.2. The van der Waals surface area contributed by atoms with Crippen molar-refractivity contribution in [2.75, 3.05) is 19.6 Å². The zero-order valence-electron chi connectivity index (χ0n) is 26.7. The number of pyridine rings is 1. The molecule has 1 atom stereocenters. The van der Waals surface area contributed by atoms with Crippen LogP contribution in [0.4, 0.5) is 22.0 Å². The minimum atomic E-state index is -4.41. The smallest absolute Gasteiger partial charge is 0.333 e. The molecule has 0 N–H and O–H groups in total. The Bertz CT molecular complexity index is 2010. The van der Waals surface area contributed by atoms with E-state index in [1.807, 2.05) is 29.2 Å². The third kappa shape index (κ3) is 7.73. The largest absolute Gasteiger partial charge is 0.416 e. The van der Waals surface area contributed by atoms with Gasteiger partial charge in [0, 0.05) is 48.4 Å². The number of fused-ring (bicyclic) bond motifs is 1. The second-order valence-electron chi connectivity index (χ2n) is 12.1. The highest BCUT2D eigenvalue weighted by atomic mass is 32.2. The summed E-state index contributed by atoms with van der Waals surface area (Å²) in [6, 6.07) is 24.8. The molecule has 0 bridgehead atoms. The van der Waals surface area contributed by atoms with Gasteiger partial charge in [0.1, 0.15) is 6.54 Å². The lowest BCUT2D eigenvalue weighted by molar-refractivity contribution is -0.137. The number of nitrogens with zero attached hydrogens (tertiary/aromatic N) is 3. The number of rotatable bonds is 10. The molecule has 1 amide bonds. The molecule has 5 nitrogen and oxygen atoms in total. The van der Waals surface area contributed by atoms with Crippen LogP contribution in [0.15, 0.2) is 107 Å². The van der Waals surface area contributed by atoms with Gasteiger partial charge in [0.2, 0.25) is 5.91 Å². The number of aromatic nitrogens is 1. The Kier molecular flexibility index (Phi) is 10.2. The number of hydrogen-bond acceptors (Lipinski definition) is 4. The molecule has 1 saturated heterocycles. The van der Waals surface area contributed by atoms with E-state index in [0.29, 0.717) is 34.6 Å². The molecule has 0 radical (unpaired) electrons. The van der Waals surface area contributed by atoms with E-state index in [1.54, 1.807) is 28.8 Å². The van der Waals surface area contributed by atoms with Gasteiger partial charge in [-0.25, -0.2) is 8.78 Å². The molecule has 1 aliphatic heterocycles. The van der Waals surface area contributed by atoms with Crippen LogP contribution in [-0.2, 0) is 29.8 Å². The molecule has 254 valence electrons. The molecule has 6 rings (SSSR count). The zero-order valence-corrected chi connectivity index (χ0v) is 27.5. The van der Waals surface area contributed by atoms with Crippen LogP contribution in [0.5, 0.6) is 0 Å². The number of halogens is 5. The maximum atomic E-state index is 14.5. The molecule has 1 aromatic heterocycles. The molecule has 5 aromatic rings. The van der Waals surface area contributed by atoms with Crippen molar-refractivity contribution in [1.82, 2.24) is 14.4 Å². The second-order valence-corrected chi connectivity index (χ2v) is 13.1. The first kappa shape index (κ1) is 34.4. The molecule has 1 aliphatic rings. The molecule has 0 aliphatic carbocycles. The summed E-state index contributed by atoms with van der Waals surface area (Å²) in [5.74, 6) is -2.01. The van der Waals surface area contributed by atoms with Crippen LogP contribution in [0.1, 0.15) is 30.0 Å².